The van der Waals surface area contributed by atoms with Crippen molar-refractivity contribution in [3.8, 4) is 5.75 Å². The molecule has 1 aromatic rings. The number of methoxy groups -OCH3 is 1. The maximum absolute atomic E-state index is 12.3. The van der Waals surface area contributed by atoms with Gasteiger partial charge in [-0.3, -0.25) is 4.79 Å². The minimum atomic E-state index is -0.0474. The number of halogens is 1. The number of hydrogen-bond donors (Lipinski definition) is 1. The maximum Gasteiger partial charge on any atom is 0.255 e. The van der Waals surface area contributed by atoms with Crippen molar-refractivity contribution in [2.24, 2.45) is 0 Å². The highest BCUT2D eigenvalue weighted by Gasteiger charge is 2.24. The minimum Gasteiger partial charge on any atom is -0.496 e. The third-order valence-corrected chi connectivity index (χ3v) is 4.70. The molecule has 0 spiro atoms. The van der Waals surface area contributed by atoms with Crippen LogP contribution in [0.5, 0.6) is 5.75 Å². The summed E-state index contributed by atoms with van der Waals surface area (Å²) in [6.45, 7) is 0. The topological polar surface area (TPSA) is 38.3 Å². The average molecular weight is 326 g/mol. The number of para-hydroxylation sites is 1. The Morgan fingerprint density at radius 3 is 2.79 bits per heavy atom. The van der Waals surface area contributed by atoms with Crippen molar-refractivity contribution in [2.75, 3.05) is 7.11 Å². The zero-order valence-corrected chi connectivity index (χ0v) is 12.8. The molecular formula is C15H20BrNO2. The van der Waals surface area contributed by atoms with Gasteiger partial charge in [-0.1, -0.05) is 47.3 Å². The molecule has 2 rings (SSSR count). The van der Waals surface area contributed by atoms with Crippen LogP contribution in [-0.4, -0.2) is 23.9 Å². The van der Waals surface area contributed by atoms with E-state index in [2.05, 4.69) is 21.2 Å². The van der Waals surface area contributed by atoms with Crippen LogP contribution in [0.1, 0.15) is 42.5 Å². The number of carbonyl (C=O) groups excluding carboxylic acids is 1. The van der Waals surface area contributed by atoms with Gasteiger partial charge in [-0.2, -0.15) is 0 Å². The number of alkyl halides is 1. The van der Waals surface area contributed by atoms with Gasteiger partial charge < -0.3 is 10.1 Å². The summed E-state index contributed by atoms with van der Waals surface area (Å²) in [6, 6.07) is 7.55. The van der Waals surface area contributed by atoms with Gasteiger partial charge in [-0.25, -0.2) is 0 Å². The van der Waals surface area contributed by atoms with E-state index in [9.17, 15) is 4.79 Å². The lowest BCUT2D eigenvalue weighted by Gasteiger charge is -2.22. The fourth-order valence-corrected chi connectivity index (χ4v) is 3.22. The van der Waals surface area contributed by atoms with E-state index in [-0.39, 0.29) is 11.9 Å². The average Bonchev–Trinajstić information content (AvgIpc) is 2.64. The van der Waals surface area contributed by atoms with Gasteiger partial charge in [-0.05, 0) is 25.0 Å². The maximum atomic E-state index is 12.3. The predicted octanol–water partition coefficient (Wildman–Crippen LogP) is 3.52. The first-order chi connectivity index (χ1) is 9.22. The van der Waals surface area contributed by atoms with Gasteiger partial charge in [-0.15, -0.1) is 0 Å². The Balaban J connectivity index is 2.07. The molecule has 1 aliphatic rings. The summed E-state index contributed by atoms with van der Waals surface area (Å²) >= 11 is 3.70. The summed E-state index contributed by atoms with van der Waals surface area (Å²) in [6.07, 6.45) is 5.83. The second kappa shape index (κ2) is 6.94. The Kier molecular flexibility index (Phi) is 5.25. The van der Waals surface area contributed by atoms with Gasteiger partial charge in [0.15, 0.2) is 0 Å². The lowest BCUT2D eigenvalue weighted by atomic mass is 10.1. The number of carbonyl (C=O) groups is 1. The number of amides is 1. The third-order valence-electron chi connectivity index (χ3n) is 3.60. The molecule has 1 saturated carbocycles. The molecule has 1 N–H and O–H groups in total. The van der Waals surface area contributed by atoms with Crippen LogP contribution in [0.3, 0.4) is 0 Å². The van der Waals surface area contributed by atoms with Crippen molar-refractivity contribution >= 4 is 21.8 Å². The molecule has 0 saturated heterocycles. The summed E-state index contributed by atoms with van der Waals surface area (Å²) in [5, 5.41) is 3.13. The number of benzene rings is 1. The van der Waals surface area contributed by atoms with Gasteiger partial charge in [0, 0.05) is 10.9 Å². The van der Waals surface area contributed by atoms with E-state index in [4.69, 9.17) is 4.74 Å². The van der Waals surface area contributed by atoms with Crippen LogP contribution in [0, 0.1) is 0 Å². The van der Waals surface area contributed by atoms with Crippen LogP contribution < -0.4 is 10.1 Å². The Morgan fingerprint density at radius 1 is 1.26 bits per heavy atom. The fraction of sp³-hybridized carbons (Fsp3) is 0.533. The molecule has 19 heavy (non-hydrogen) atoms. The summed E-state index contributed by atoms with van der Waals surface area (Å²) in [4.78, 5) is 12.7. The first-order valence-electron chi connectivity index (χ1n) is 6.80. The van der Waals surface area contributed by atoms with E-state index in [1.165, 1.54) is 19.3 Å². The predicted molar refractivity (Wildman–Crippen MR) is 80.0 cm³/mol. The molecule has 1 fully saturated rings. The summed E-state index contributed by atoms with van der Waals surface area (Å²) in [7, 11) is 1.59. The molecule has 0 radical (unpaired) electrons. The fourth-order valence-electron chi connectivity index (χ4n) is 2.50. The molecule has 3 nitrogen and oxygen atoms in total. The molecule has 2 atom stereocenters. The van der Waals surface area contributed by atoms with E-state index in [1.54, 1.807) is 13.2 Å². The molecule has 0 heterocycles. The van der Waals surface area contributed by atoms with Crippen LogP contribution in [0.15, 0.2) is 24.3 Å². The second-order valence-corrected chi connectivity index (χ2v) is 6.11. The van der Waals surface area contributed by atoms with Crippen LogP contribution in [-0.2, 0) is 0 Å². The lowest BCUT2D eigenvalue weighted by molar-refractivity contribution is 0.0932. The SMILES string of the molecule is COc1ccccc1C(=O)NC1CCCCCC1Br. The molecule has 2 unspecified atom stereocenters. The van der Waals surface area contributed by atoms with Crippen molar-refractivity contribution in [2.45, 2.75) is 43.0 Å². The monoisotopic (exact) mass is 325 g/mol. The smallest absolute Gasteiger partial charge is 0.255 e. The second-order valence-electron chi connectivity index (χ2n) is 4.93. The summed E-state index contributed by atoms with van der Waals surface area (Å²) < 4.78 is 5.23. The van der Waals surface area contributed by atoms with Crippen molar-refractivity contribution in [1.29, 1.82) is 0 Å². The quantitative estimate of drug-likeness (QED) is 0.682. The Bertz CT molecular complexity index is 436. The zero-order chi connectivity index (χ0) is 13.7. The molecule has 1 amide bonds. The van der Waals surface area contributed by atoms with Crippen molar-refractivity contribution < 1.29 is 9.53 Å². The van der Waals surface area contributed by atoms with Gasteiger partial charge in [0.2, 0.25) is 0 Å². The number of rotatable bonds is 3. The molecule has 0 bridgehead atoms. The number of ether oxygens (including phenoxy) is 1. The largest absolute Gasteiger partial charge is 0.496 e. The first kappa shape index (κ1) is 14.4. The van der Waals surface area contributed by atoms with Crippen LogP contribution in [0.2, 0.25) is 0 Å². The van der Waals surface area contributed by atoms with Crippen molar-refractivity contribution in [1.82, 2.24) is 5.32 Å². The van der Waals surface area contributed by atoms with E-state index in [0.717, 1.165) is 12.8 Å². The molecule has 1 aromatic carbocycles. The third kappa shape index (κ3) is 3.72. The van der Waals surface area contributed by atoms with Crippen molar-refractivity contribution in [3.05, 3.63) is 29.8 Å². The lowest BCUT2D eigenvalue weighted by Crippen LogP contribution is -2.40. The molecule has 0 aliphatic heterocycles. The number of hydrogen-bond acceptors (Lipinski definition) is 2. The summed E-state index contributed by atoms with van der Waals surface area (Å²) in [5.74, 6) is 0.577. The zero-order valence-electron chi connectivity index (χ0n) is 11.2. The van der Waals surface area contributed by atoms with Crippen LogP contribution >= 0.6 is 15.9 Å². The normalized spacial score (nSPS) is 23.5. The Morgan fingerprint density at radius 2 is 2.00 bits per heavy atom. The summed E-state index contributed by atoms with van der Waals surface area (Å²) in [5.41, 5.74) is 0.606. The van der Waals surface area contributed by atoms with Crippen LogP contribution in [0.4, 0.5) is 0 Å². The molecule has 0 aromatic heterocycles. The van der Waals surface area contributed by atoms with Gasteiger partial charge in [0.1, 0.15) is 5.75 Å². The molecule has 1 aliphatic carbocycles. The van der Waals surface area contributed by atoms with Crippen molar-refractivity contribution in [3.63, 3.8) is 0 Å². The van der Waals surface area contributed by atoms with E-state index >= 15 is 0 Å². The van der Waals surface area contributed by atoms with E-state index < -0.39 is 0 Å². The van der Waals surface area contributed by atoms with Crippen LogP contribution in [0.25, 0.3) is 0 Å². The molecular weight excluding hydrogens is 306 g/mol. The Labute approximate surface area is 122 Å². The first-order valence-corrected chi connectivity index (χ1v) is 7.72. The minimum absolute atomic E-state index is 0.0474. The Hall–Kier alpha value is -1.03. The van der Waals surface area contributed by atoms with Gasteiger partial charge >= 0.3 is 0 Å². The van der Waals surface area contributed by atoms with Gasteiger partial charge in [0.05, 0.1) is 12.7 Å². The highest BCUT2D eigenvalue weighted by Crippen LogP contribution is 2.25. The van der Waals surface area contributed by atoms with Gasteiger partial charge in [0.25, 0.3) is 5.91 Å². The molecule has 4 heteroatoms. The standard InChI is InChI=1S/C15H20BrNO2/c1-19-14-10-6-5-7-11(14)15(18)17-13-9-4-2-3-8-12(13)16/h5-7,10,12-13H,2-4,8-9H2,1H3,(H,17,18). The number of nitrogens with one attached hydrogen (secondary N) is 1. The van der Waals surface area contributed by atoms with E-state index in [1.807, 2.05) is 18.2 Å². The van der Waals surface area contributed by atoms with E-state index in [0.29, 0.717) is 16.1 Å². The molecule has 104 valence electrons. The highest BCUT2D eigenvalue weighted by atomic mass is 79.9. The highest BCUT2D eigenvalue weighted by molar-refractivity contribution is 9.09.